The van der Waals surface area contributed by atoms with Crippen molar-refractivity contribution in [3.8, 4) is 5.75 Å². The van der Waals surface area contributed by atoms with Crippen LogP contribution in [-0.2, 0) is 11.2 Å². The SMILES string of the molecule is O=C(COc1ccccc1)Nc1ccc(NCCc2cccc(Cl)c2)cc1. The Bertz CT molecular complexity index is 867. The highest BCUT2D eigenvalue weighted by Gasteiger charge is 2.04. The Morgan fingerprint density at radius 2 is 1.63 bits per heavy atom. The molecule has 138 valence electrons. The van der Waals surface area contributed by atoms with Gasteiger partial charge >= 0.3 is 0 Å². The molecule has 0 saturated heterocycles. The van der Waals surface area contributed by atoms with E-state index in [1.54, 1.807) is 0 Å². The minimum absolute atomic E-state index is 0.0242. The predicted octanol–water partition coefficient (Wildman–Crippen LogP) is 5.01. The molecule has 3 aromatic rings. The number of halogens is 1. The lowest BCUT2D eigenvalue weighted by Gasteiger charge is -2.10. The maximum Gasteiger partial charge on any atom is 0.262 e. The summed E-state index contributed by atoms with van der Waals surface area (Å²) in [5.41, 5.74) is 2.92. The number of ether oxygens (including phenoxy) is 1. The molecule has 3 aromatic carbocycles. The largest absolute Gasteiger partial charge is 0.484 e. The van der Waals surface area contributed by atoms with Crippen LogP contribution in [0.25, 0.3) is 0 Å². The Labute approximate surface area is 164 Å². The van der Waals surface area contributed by atoms with Crippen molar-refractivity contribution in [2.75, 3.05) is 23.8 Å². The summed E-state index contributed by atoms with van der Waals surface area (Å²) >= 11 is 5.99. The van der Waals surface area contributed by atoms with E-state index >= 15 is 0 Å². The van der Waals surface area contributed by atoms with Crippen LogP contribution in [0.1, 0.15) is 5.56 Å². The Hall–Kier alpha value is -2.98. The zero-order valence-electron chi connectivity index (χ0n) is 14.8. The lowest BCUT2D eigenvalue weighted by molar-refractivity contribution is -0.118. The lowest BCUT2D eigenvalue weighted by atomic mass is 10.1. The Kier molecular flexibility index (Phi) is 6.72. The molecular formula is C22H21ClN2O2. The van der Waals surface area contributed by atoms with Crippen molar-refractivity contribution in [2.45, 2.75) is 6.42 Å². The zero-order chi connectivity index (χ0) is 18.9. The van der Waals surface area contributed by atoms with E-state index in [1.165, 1.54) is 5.56 Å². The average Bonchev–Trinajstić information content (AvgIpc) is 2.69. The summed E-state index contributed by atoms with van der Waals surface area (Å²) in [5.74, 6) is 0.479. The van der Waals surface area contributed by atoms with Gasteiger partial charge in [0.2, 0.25) is 0 Å². The second-order valence-electron chi connectivity index (χ2n) is 6.03. The molecule has 0 fully saturated rings. The third kappa shape index (κ3) is 6.35. The van der Waals surface area contributed by atoms with Gasteiger partial charge in [-0.1, -0.05) is 41.9 Å². The smallest absolute Gasteiger partial charge is 0.262 e. The van der Waals surface area contributed by atoms with Crippen LogP contribution < -0.4 is 15.4 Å². The van der Waals surface area contributed by atoms with Crippen molar-refractivity contribution in [2.24, 2.45) is 0 Å². The van der Waals surface area contributed by atoms with E-state index in [0.717, 1.165) is 29.4 Å². The molecule has 1 amide bonds. The first-order valence-corrected chi connectivity index (χ1v) is 9.13. The van der Waals surface area contributed by atoms with Gasteiger partial charge in [-0.05, 0) is 60.5 Å². The summed E-state index contributed by atoms with van der Waals surface area (Å²) in [6.07, 6.45) is 0.885. The summed E-state index contributed by atoms with van der Waals surface area (Å²) in [4.78, 5) is 12.0. The van der Waals surface area contributed by atoms with E-state index < -0.39 is 0 Å². The fourth-order valence-electron chi connectivity index (χ4n) is 2.58. The number of nitrogens with one attached hydrogen (secondary N) is 2. The van der Waals surface area contributed by atoms with Gasteiger partial charge in [0.1, 0.15) is 5.75 Å². The van der Waals surface area contributed by atoms with E-state index in [1.807, 2.05) is 72.8 Å². The zero-order valence-corrected chi connectivity index (χ0v) is 15.6. The molecule has 0 aliphatic heterocycles. The molecule has 4 nitrogen and oxygen atoms in total. The molecular weight excluding hydrogens is 360 g/mol. The van der Waals surface area contributed by atoms with Crippen LogP contribution in [0.15, 0.2) is 78.9 Å². The number of carbonyl (C=O) groups excluding carboxylic acids is 1. The van der Waals surface area contributed by atoms with Gasteiger partial charge in [-0.2, -0.15) is 0 Å². The normalized spacial score (nSPS) is 10.3. The monoisotopic (exact) mass is 380 g/mol. The molecule has 2 N–H and O–H groups in total. The van der Waals surface area contributed by atoms with Crippen LogP contribution in [0.2, 0.25) is 5.02 Å². The number of hydrogen-bond donors (Lipinski definition) is 2. The highest BCUT2D eigenvalue weighted by Crippen LogP contribution is 2.15. The molecule has 0 aliphatic carbocycles. The van der Waals surface area contributed by atoms with Crippen LogP contribution in [0, 0.1) is 0 Å². The number of para-hydroxylation sites is 1. The van der Waals surface area contributed by atoms with Crippen molar-refractivity contribution >= 4 is 28.9 Å². The summed E-state index contributed by atoms with van der Waals surface area (Å²) in [5, 5.41) is 6.93. The predicted molar refractivity (Wildman–Crippen MR) is 111 cm³/mol. The summed E-state index contributed by atoms with van der Waals surface area (Å²) in [6, 6.07) is 24.7. The first-order valence-electron chi connectivity index (χ1n) is 8.75. The van der Waals surface area contributed by atoms with Crippen molar-refractivity contribution in [1.82, 2.24) is 0 Å². The van der Waals surface area contributed by atoms with Gasteiger partial charge in [0.25, 0.3) is 5.91 Å². The molecule has 3 rings (SSSR count). The van der Waals surface area contributed by atoms with Crippen LogP contribution >= 0.6 is 11.6 Å². The minimum atomic E-state index is -0.194. The summed E-state index contributed by atoms with van der Waals surface area (Å²) < 4.78 is 5.43. The number of amides is 1. The summed E-state index contributed by atoms with van der Waals surface area (Å²) in [7, 11) is 0. The van der Waals surface area contributed by atoms with Gasteiger partial charge in [-0.3, -0.25) is 4.79 Å². The van der Waals surface area contributed by atoms with Gasteiger partial charge in [-0.15, -0.1) is 0 Å². The van der Waals surface area contributed by atoms with Gasteiger partial charge in [0, 0.05) is 22.9 Å². The van der Waals surface area contributed by atoms with E-state index in [9.17, 15) is 4.79 Å². The van der Waals surface area contributed by atoms with Crippen LogP contribution in [0.4, 0.5) is 11.4 Å². The third-order valence-electron chi connectivity index (χ3n) is 3.91. The van der Waals surface area contributed by atoms with Gasteiger partial charge in [-0.25, -0.2) is 0 Å². The molecule has 0 atom stereocenters. The van der Waals surface area contributed by atoms with Gasteiger partial charge in [0.05, 0.1) is 0 Å². The molecule has 0 aromatic heterocycles. The molecule has 0 saturated carbocycles. The molecule has 27 heavy (non-hydrogen) atoms. The van der Waals surface area contributed by atoms with Crippen molar-refractivity contribution in [3.05, 3.63) is 89.4 Å². The highest BCUT2D eigenvalue weighted by molar-refractivity contribution is 6.30. The number of hydrogen-bond acceptors (Lipinski definition) is 3. The van der Waals surface area contributed by atoms with Crippen LogP contribution in [0.3, 0.4) is 0 Å². The highest BCUT2D eigenvalue weighted by atomic mass is 35.5. The average molecular weight is 381 g/mol. The number of benzene rings is 3. The topological polar surface area (TPSA) is 50.4 Å². The fourth-order valence-corrected chi connectivity index (χ4v) is 2.79. The minimum Gasteiger partial charge on any atom is -0.484 e. The van der Waals surface area contributed by atoms with Crippen LogP contribution in [-0.4, -0.2) is 19.1 Å². The lowest BCUT2D eigenvalue weighted by Crippen LogP contribution is -2.20. The van der Waals surface area contributed by atoms with Crippen molar-refractivity contribution in [1.29, 1.82) is 0 Å². The second-order valence-corrected chi connectivity index (χ2v) is 6.47. The standard InChI is InChI=1S/C22H21ClN2O2/c23-18-6-4-5-17(15-18)13-14-24-19-9-11-20(12-10-19)25-22(26)16-27-21-7-2-1-3-8-21/h1-12,15,24H,13-14,16H2,(H,25,26). The van der Waals surface area contributed by atoms with Gasteiger partial charge in [0.15, 0.2) is 6.61 Å². The molecule has 0 radical (unpaired) electrons. The molecule has 5 heteroatoms. The fraction of sp³-hybridized carbons (Fsp3) is 0.136. The van der Waals surface area contributed by atoms with Crippen molar-refractivity contribution < 1.29 is 9.53 Å². The quantitative estimate of drug-likeness (QED) is 0.577. The van der Waals surface area contributed by atoms with Crippen LogP contribution in [0.5, 0.6) is 5.75 Å². The number of carbonyl (C=O) groups is 1. The number of anilines is 2. The van der Waals surface area contributed by atoms with E-state index in [-0.39, 0.29) is 12.5 Å². The maximum atomic E-state index is 12.0. The molecule has 0 spiro atoms. The second kappa shape index (κ2) is 9.64. The number of rotatable bonds is 8. The van der Waals surface area contributed by atoms with E-state index in [4.69, 9.17) is 16.3 Å². The summed E-state index contributed by atoms with van der Waals surface area (Å²) in [6.45, 7) is 0.778. The Morgan fingerprint density at radius 1 is 0.889 bits per heavy atom. The van der Waals surface area contributed by atoms with E-state index in [2.05, 4.69) is 16.7 Å². The van der Waals surface area contributed by atoms with Gasteiger partial charge < -0.3 is 15.4 Å². The molecule has 0 unspecified atom stereocenters. The third-order valence-corrected chi connectivity index (χ3v) is 4.15. The maximum absolute atomic E-state index is 12.0. The van der Waals surface area contributed by atoms with Crippen molar-refractivity contribution in [3.63, 3.8) is 0 Å². The molecule has 0 heterocycles. The first kappa shape index (κ1) is 18.8. The molecule has 0 bridgehead atoms. The van der Waals surface area contributed by atoms with E-state index in [0.29, 0.717) is 5.75 Å². The Morgan fingerprint density at radius 3 is 2.37 bits per heavy atom. The molecule has 0 aliphatic rings. The Balaban J connectivity index is 1.42. The first-order chi connectivity index (χ1) is 13.2.